The Morgan fingerprint density at radius 2 is 2.06 bits per heavy atom. The number of pyridine rings is 1. The summed E-state index contributed by atoms with van der Waals surface area (Å²) in [5.41, 5.74) is 6.04. The Morgan fingerprint density at radius 1 is 1.19 bits per heavy atom. The fourth-order valence-electron chi connectivity index (χ4n) is 5.07. The van der Waals surface area contributed by atoms with Gasteiger partial charge in [0.1, 0.15) is 12.4 Å². The van der Waals surface area contributed by atoms with Gasteiger partial charge in [0.25, 0.3) is 5.91 Å². The lowest BCUT2D eigenvalue weighted by atomic mass is 9.94. The summed E-state index contributed by atoms with van der Waals surface area (Å²) in [6.45, 7) is 5.72. The molecule has 1 amide bonds. The summed E-state index contributed by atoms with van der Waals surface area (Å²) in [7, 11) is 2.11. The number of amides is 1. The number of carbonyl (C=O) groups is 1. The maximum Gasteiger partial charge on any atom is 0.252 e. The van der Waals surface area contributed by atoms with Crippen LogP contribution in [0.15, 0.2) is 54.7 Å². The zero-order chi connectivity index (χ0) is 24.9. The second-order valence-electron chi connectivity index (χ2n) is 10.3. The van der Waals surface area contributed by atoms with Crippen molar-refractivity contribution in [2.24, 2.45) is 0 Å². The van der Waals surface area contributed by atoms with E-state index in [1.165, 1.54) is 0 Å². The molecule has 2 N–H and O–H groups in total. The van der Waals surface area contributed by atoms with Gasteiger partial charge in [-0.05, 0) is 94.2 Å². The second kappa shape index (κ2) is 8.75. The van der Waals surface area contributed by atoms with Crippen molar-refractivity contribution in [3.8, 4) is 17.0 Å². The van der Waals surface area contributed by atoms with Gasteiger partial charge in [0, 0.05) is 34.4 Å². The Bertz CT molecular complexity index is 1460. The van der Waals surface area contributed by atoms with Crippen LogP contribution >= 0.6 is 0 Å². The predicted molar refractivity (Wildman–Crippen MR) is 140 cm³/mol. The number of carbonyl (C=O) groups excluding carboxylic acids is 1. The lowest BCUT2D eigenvalue weighted by molar-refractivity contribution is 0.0767. The first-order chi connectivity index (χ1) is 17.4. The number of nitrogens with one attached hydrogen (secondary N) is 2. The number of likely N-dealkylation sites (N-methyl/N-ethyl adjacent to an activating group) is 1. The van der Waals surface area contributed by atoms with E-state index in [9.17, 15) is 4.79 Å². The van der Waals surface area contributed by atoms with Crippen LogP contribution in [0, 0.1) is 13.8 Å². The molecule has 1 aliphatic heterocycles. The minimum atomic E-state index is -0.419. The number of hydrogen-bond donors (Lipinski definition) is 2. The first kappa shape index (κ1) is 22.7. The summed E-state index contributed by atoms with van der Waals surface area (Å²) < 4.78 is 6.04. The maximum atomic E-state index is 13.6. The number of ether oxygens (including phenoxy) is 1. The second-order valence-corrected chi connectivity index (χ2v) is 10.3. The van der Waals surface area contributed by atoms with Crippen LogP contribution in [-0.4, -0.2) is 52.2 Å². The fourth-order valence-corrected chi connectivity index (χ4v) is 5.07. The molecular weight excluding hydrogens is 450 g/mol. The summed E-state index contributed by atoms with van der Waals surface area (Å²) in [5.74, 6) is 0.663. The van der Waals surface area contributed by atoms with Crippen LogP contribution in [0.2, 0.25) is 0 Å². The standard InChI is InChI=1S/C29H31N5O2/c1-18-6-7-22(36-17-21-8-12-34(21)3)16-24(18)28(35)31-29(9-10-29)25-14-20(26-13-19(2)32-33-26)15-27-23(25)5-4-11-30-27/h4-7,11,13-16,21H,8-10,12,17H2,1-3H3,(H,31,35)(H,32,33)/t21-/m0/s1. The molecular formula is C29H31N5O2. The van der Waals surface area contributed by atoms with Gasteiger partial charge < -0.3 is 10.1 Å². The molecule has 36 heavy (non-hydrogen) atoms. The minimum absolute atomic E-state index is 0.0748. The fraction of sp³-hybridized carbons (Fsp3) is 0.345. The van der Waals surface area contributed by atoms with E-state index in [4.69, 9.17) is 4.74 Å². The molecule has 6 rings (SSSR count). The molecule has 2 aliphatic rings. The lowest BCUT2D eigenvalue weighted by Gasteiger charge is -2.37. The molecule has 0 bridgehead atoms. The molecule has 2 fully saturated rings. The third-order valence-electron chi connectivity index (χ3n) is 7.68. The molecule has 0 spiro atoms. The summed E-state index contributed by atoms with van der Waals surface area (Å²) >= 11 is 0. The number of aryl methyl sites for hydroxylation is 2. The van der Waals surface area contributed by atoms with Gasteiger partial charge >= 0.3 is 0 Å². The normalized spacial score (nSPS) is 18.6. The largest absolute Gasteiger partial charge is 0.492 e. The van der Waals surface area contributed by atoms with Gasteiger partial charge in [-0.1, -0.05) is 12.1 Å². The van der Waals surface area contributed by atoms with Crippen LogP contribution in [-0.2, 0) is 5.54 Å². The first-order valence-corrected chi connectivity index (χ1v) is 12.6. The zero-order valence-corrected chi connectivity index (χ0v) is 21.0. The molecule has 2 aromatic carbocycles. The van der Waals surface area contributed by atoms with Crippen LogP contribution in [0.25, 0.3) is 22.2 Å². The monoisotopic (exact) mass is 481 g/mol. The van der Waals surface area contributed by atoms with E-state index in [2.05, 4.69) is 50.6 Å². The number of benzene rings is 2. The number of nitrogens with zero attached hydrogens (tertiary/aromatic N) is 3. The topological polar surface area (TPSA) is 83.1 Å². The molecule has 0 unspecified atom stereocenters. The van der Waals surface area contributed by atoms with E-state index < -0.39 is 5.54 Å². The number of rotatable bonds is 7. The molecule has 1 saturated carbocycles. The number of H-pyrrole nitrogens is 1. The van der Waals surface area contributed by atoms with Gasteiger partial charge in [-0.2, -0.15) is 5.10 Å². The van der Waals surface area contributed by atoms with E-state index in [1.807, 2.05) is 44.2 Å². The quantitative estimate of drug-likeness (QED) is 0.398. The summed E-state index contributed by atoms with van der Waals surface area (Å²) in [5, 5.41) is 11.9. The van der Waals surface area contributed by atoms with E-state index in [-0.39, 0.29) is 5.91 Å². The van der Waals surface area contributed by atoms with Crippen LogP contribution in [0.3, 0.4) is 0 Å². The van der Waals surface area contributed by atoms with Gasteiger partial charge in [-0.15, -0.1) is 0 Å². The highest BCUT2D eigenvalue weighted by Crippen LogP contribution is 2.49. The average Bonchev–Trinajstić information content (AvgIpc) is 3.52. The van der Waals surface area contributed by atoms with Gasteiger partial charge in [0.2, 0.25) is 0 Å². The number of fused-ring (bicyclic) bond motifs is 1. The average molecular weight is 482 g/mol. The molecule has 7 heteroatoms. The van der Waals surface area contributed by atoms with E-state index >= 15 is 0 Å². The molecule has 0 radical (unpaired) electrons. The van der Waals surface area contributed by atoms with Gasteiger partial charge in [0.05, 0.1) is 16.7 Å². The van der Waals surface area contributed by atoms with Gasteiger partial charge in [-0.25, -0.2) is 0 Å². The third kappa shape index (κ3) is 4.13. The number of aromatic amines is 1. The van der Waals surface area contributed by atoms with Crippen molar-refractivity contribution in [1.29, 1.82) is 0 Å². The Balaban J connectivity index is 1.30. The van der Waals surface area contributed by atoms with Crippen molar-refractivity contribution < 1.29 is 9.53 Å². The predicted octanol–water partition coefficient (Wildman–Crippen LogP) is 4.74. The molecule has 1 saturated heterocycles. The van der Waals surface area contributed by atoms with Gasteiger partial charge in [-0.3, -0.25) is 19.8 Å². The van der Waals surface area contributed by atoms with Crippen molar-refractivity contribution in [3.05, 3.63) is 77.1 Å². The molecule has 184 valence electrons. The number of aromatic nitrogens is 3. The molecule has 1 atom stereocenters. The molecule has 4 aromatic rings. The van der Waals surface area contributed by atoms with Crippen LogP contribution in [0.4, 0.5) is 0 Å². The Hall–Kier alpha value is -3.71. The van der Waals surface area contributed by atoms with Gasteiger partial charge in [0.15, 0.2) is 0 Å². The number of hydrogen-bond acceptors (Lipinski definition) is 5. The van der Waals surface area contributed by atoms with Crippen molar-refractivity contribution in [1.82, 2.24) is 25.4 Å². The third-order valence-corrected chi connectivity index (χ3v) is 7.68. The first-order valence-electron chi connectivity index (χ1n) is 12.6. The Kier molecular flexibility index (Phi) is 5.52. The highest BCUT2D eigenvalue weighted by Gasteiger charge is 2.47. The van der Waals surface area contributed by atoms with E-state index in [1.54, 1.807) is 6.20 Å². The molecule has 1 aliphatic carbocycles. The van der Waals surface area contributed by atoms with Crippen molar-refractivity contribution >= 4 is 16.8 Å². The van der Waals surface area contributed by atoms with Crippen LogP contribution in [0.5, 0.6) is 5.75 Å². The SMILES string of the molecule is Cc1cc(-c2cc(C3(NC(=O)c4cc(OC[C@@H]5CCN5C)ccc4C)CC3)c3cccnc3c2)n[nH]1. The highest BCUT2D eigenvalue weighted by molar-refractivity contribution is 5.98. The molecule has 2 aromatic heterocycles. The summed E-state index contributed by atoms with van der Waals surface area (Å²) in [6, 6.07) is 16.5. The van der Waals surface area contributed by atoms with Crippen molar-refractivity contribution in [3.63, 3.8) is 0 Å². The maximum absolute atomic E-state index is 13.6. The van der Waals surface area contributed by atoms with Crippen LogP contribution in [0.1, 0.15) is 46.4 Å². The minimum Gasteiger partial charge on any atom is -0.492 e. The Morgan fingerprint density at radius 3 is 2.75 bits per heavy atom. The number of likely N-dealkylation sites (tertiary alicyclic amines) is 1. The van der Waals surface area contributed by atoms with Crippen molar-refractivity contribution in [2.75, 3.05) is 20.2 Å². The lowest BCUT2D eigenvalue weighted by Crippen LogP contribution is -2.48. The van der Waals surface area contributed by atoms with Crippen LogP contribution < -0.4 is 10.1 Å². The summed E-state index contributed by atoms with van der Waals surface area (Å²) in [4.78, 5) is 20.5. The smallest absolute Gasteiger partial charge is 0.252 e. The van der Waals surface area contributed by atoms with E-state index in [0.29, 0.717) is 18.2 Å². The Labute approximate surface area is 210 Å². The summed E-state index contributed by atoms with van der Waals surface area (Å²) in [6.07, 6.45) is 4.72. The van der Waals surface area contributed by atoms with Crippen molar-refractivity contribution in [2.45, 2.75) is 44.7 Å². The molecule has 3 heterocycles. The zero-order valence-electron chi connectivity index (χ0n) is 21.0. The highest BCUT2D eigenvalue weighted by atomic mass is 16.5. The molecule has 7 nitrogen and oxygen atoms in total. The van der Waals surface area contributed by atoms with E-state index in [0.717, 1.165) is 70.5 Å².